The van der Waals surface area contributed by atoms with Gasteiger partial charge in [-0.3, -0.25) is 9.48 Å². The van der Waals surface area contributed by atoms with Crippen molar-refractivity contribution < 1.29 is 32.0 Å². The van der Waals surface area contributed by atoms with Crippen LogP contribution in [0.25, 0.3) is 28.2 Å². The van der Waals surface area contributed by atoms with Crippen LogP contribution >= 0.6 is 11.3 Å². The van der Waals surface area contributed by atoms with Gasteiger partial charge in [-0.05, 0) is 30.5 Å². The number of fused-ring (bicyclic) bond motifs is 3. The van der Waals surface area contributed by atoms with Crippen molar-refractivity contribution >= 4 is 17.2 Å². The first-order valence-corrected chi connectivity index (χ1v) is 12.3. The second kappa shape index (κ2) is 8.72. The van der Waals surface area contributed by atoms with Crippen molar-refractivity contribution in [2.45, 2.75) is 25.4 Å². The smallest absolute Gasteiger partial charge is 0.276 e. The van der Waals surface area contributed by atoms with Gasteiger partial charge in [0.05, 0.1) is 34.9 Å². The zero-order valence-corrected chi connectivity index (χ0v) is 21.0. The van der Waals surface area contributed by atoms with E-state index in [2.05, 4.69) is 10.2 Å². The van der Waals surface area contributed by atoms with Gasteiger partial charge in [-0.2, -0.15) is 21.5 Å². The molecule has 2 unspecified atom stereocenters. The van der Waals surface area contributed by atoms with E-state index in [0.717, 1.165) is 5.69 Å². The van der Waals surface area contributed by atoms with Crippen LogP contribution in [-0.4, -0.2) is 69.9 Å². The molecule has 10 nitrogen and oxygen atoms in total. The molecule has 2 atom stereocenters. The molecule has 37 heavy (non-hydrogen) atoms. The third-order valence-corrected chi connectivity index (χ3v) is 7.57. The number of likely N-dealkylation sites (N-methyl/N-ethyl adjacent to an activating group) is 1. The van der Waals surface area contributed by atoms with Gasteiger partial charge in [0.15, 0.2) is 11.4 Å². The number of methoxy groups -OCH3 is 2. The minimum atomic E-state index is -3.10. The first-order chi connectivity index (χ1) is 20.2. The van der Waals surface area contributed by atoms with E-state index < -0.39 is 38.4 Å². The molecule has 11 heteroatoms. The Hall–Kier alpha value is -3.67. The molecule has 2 aliphatic heterocycles. The largest absolute Gasteiger partial charge is 0.496 e. The molecule has 192 valence electrons. The van der Waals surface area contributed by atoms with Crippen molar-refractivity contribution in [1.82, 2.24) is 24.5 Å². The predicted octanol–water partition coefficient (Wildman–Crippen LogP) is 3.74. The van der Waals surface area contributed by atoms with Gasteiger partial charge in [0.1, 0.15) is 24.2 Å². The number of aryl methyl sites for hydroxylation is 1. The van der Waals surface area contributed by atoms with Crippen LogP contribution in [0.5, 0.6) is 11.5 Å². The van der Waals surface area contributed by atoms with E-state index in [1.165, 1.54) is 18.3 Å². The number of benzene rings is 1. The maximum absolute atomic E-state index is 14.3. The second-order valence-electron chi connectivity index (χ2n) is 8.79. The van der Waals surface area contributed by atoms with Crippen molar-refractivity contribution in [2.75, 3.05) is 27.7 Å². The van der Waals surface area contributed by atoms with Gasteiger partial charge in [-0.1, -0.05) is 0 Å². The summed E-state index contributed by atoms with van der Waals surface area (Å²) in [5.41, 5.74) is 1.25. The summed E-state index contributed by atoms with van der Waals surface area (Å²) >= 11 is 1.42. The van der Waals surface area contributed by atoms with Crippen LogP contribution in [0.1, 0.15) is 31.2 Å². The Morgan fingerprint density at radius 1 is 1.35 bits per heavy atom. The van der Waals surface area contributed by atoms with E-state index >= 15 is 0 Å². The van der Waals surface area contributed by atoms with Crippen LogP contribution in [0.3, 0.4) is 0 Å². The van der Waals surface area contributed by atoms with E-state index in [9.17, 15) is 4.79 Å². The molecule has 0 spiro atoms. The predicted molar refractivity (Wildman–Crippen MR) is 137 cm³/mol. The number of carbonyl (C=O) groups is 1. The topological polar surface area (TPSA) is 92.9 Å². The lowest BCUT2D eigenvalue weighted by Crippen LogP contribution is -2.68. The van der Waals surface area contributed by atoms with E-state index in [0.29, 0.717) is 44.5 Å². The quantitative estimate of drug-likeness (QED) is 0.353. The van der Waals surface area contributed by atoms with Crippen LogP contribution in [-0.2, 0) is 23.1 Å². The monoisotopic (exact) mass is 527 g/mol. The van der Waals surface area contributed by atoms with Gasteiger partial charge < -0.3 is 23.8 Å². The Kier molecular flexibility index (Phi) is 4.18. The summed E-state index contributed by atoms with van der Waals surface area (Å²) in [6, 6.07) is 7.24. The van der Waals surface area contributed by atoms with E-state index in [1.54, 1.807) is 35.8 Å². The number of nitrogens with zero attached hydrogens (tertiary/aromatic N) is 5. The molecule has 3 aromatic heterocycles. The Labute approximate surface area is 226 Å². The third-order valence-electron chi connectivity index (χ3n) is 6.90. The SMILES string of the molecule is [2H]C([2H])([2H])OC1(N(C(=O)c2nn(-c3ccsc3)c3c2COc2cc(OC)c(-c4ccnn4C)cc2-3)C([2H])([2H])[2H])COC1C. The van der Waals surface area contributed by atoms with Crippen LogP contribution in [0.15, 0.2) is 41.2 Å². The summed E-state index contributed by atoms with van der Waals surface area (Å²) < 4.78 is 73.6. The number of rotatable bonds is 6. The molecule has 0 bridgehead atoms. The molecule has 2 aliphatic rings. The van der Waals surface area contributed by atoms with Crippen LogP contribution in [0, 0.1) is 0 Å². The second-order valence-corrected chi connectivity index (χ2v) is 9.57. The zero-order valence-electron chi connectivity index (χ0n) is 26.2. The molecule has 1 saturated heterocycles. The summed E-state index contributed by atoms with van der Waals surface area (Å²) in [6.45, 7) is -2.21. The molecule has 1 amide bonds. The summed E-state index contributed by atoms with van der Waals surface area (Å²) in [5, 5.41) is 12.6. The lowest BCUT2D eigenvalue weighted by atomic mass is 9.97. The highest BCUT2D eigenvalue weighted by molar-refractivity contribution is 7.08. The zero-order chi connectivity index (χ0) is 30.9. The molecule has 1 aromatic carbocycles. The van der Waals surface area contributed by atoms with Crippen molar-refractivity contribution in [1.29, 1.82) is 0 Å². The number of thiophene rings is 1. The standard InChI is InChI=1S/C26H27N5O5S/c1-15-26(34-5,14-36-15)29(2)25(32)23-19-12-35-22-11-21(33-4)17(20-6-8-27-30(20)3)10-18(22)24(19)31(28-23)16-7-9-37-13-16/h6-11,13,15H,12,14H2,1-5H3/i2D3,5D3. The lowest BCUT2D eigenvalue weighted by Gasteiger charge is -2.51. The molecule has 6 rings (SSSR count). The van der Waals surface area contributed by atoms with Crippen molar-refractivity contribution in [3.8, 4) is 39.7 Å². The fraction of sp³-hybridized carbons (Fsp3) is 0.346. The molecule has 5 heterocycles. The van der Waals surface area contributed by atoms with Gasteiger partial charge >= 0.3 is 0 Å². The Balaban J connectivity index is 1.56. The molecule has 0 N–H and O–H groups in total. The molecular weight excluding hydrogens is 494 g/mol. The maximum Gasteiger partial charge on any atom is 0.276 e. The molecule has 4 aromatic rings. The van der Waals surface area contributed by atoms with Crippen LogP contribution in [0.4, 0.5) is 0 Å². The lowest BCUT2D eigenvalue weighted by molar-refractivity contribution is -0.293. The number of ether oxygens (including phenoxy) is 4. The normalized spacial score (nSPS) is 23.1. The van der Waals surface area contributed by atoms with Gasteiger partial charge in [0.2, 0.25) is 0 Å². The number of hydrogen-bond donors (Lipinski definition) is 0. The number of hydrogen-bond acceptors (Lipinski definition) is 8. The first-order valence-electron chi connectivity index (χ1n) is 14.4. The number of carbonyl (C=O) groups excluding carboxylic acids is 1. The van der Waals surface area contributed by atoms with Gasteiger partial charge in [-0.15, -0.1) is 0 Å². The minimum absolute atomic E-state index is 0.115. The average molecular weight is 528 g/mol. The summed E-state index contributed by atoms with van der Waals surface area (Å²) in [6.07, 6.45) is 0.617. The maximum atomic E-state index is 14.3. The Bertz CT molecular complexity index is 1700. The van der Waals surface area contributed by atoms with Crippen molar-refractivity contribution in [2.24, 2.45) is 7.05 Å². The van der Waals surface area contributed by atoms with Crippen LogP contribution in [0.2, 0.25) is 0 Å². The highest BCUT2D eigenvalue weighted by Crippen LogP contribution is 2.46. The van der Waals surface area contributed by atoms with Crippen LogP contribution < -0.4 is 9.47 Å². The fourth-order valence-electron chi connectivity index (χ4n) is 4.70. The fourth-order valence-corrected chi connectivity index (χ4v) is 5.31. The summed E-state index contributed by atoms with van der Waals surface area (Å²) in [7, 11) is 0.336. The van der Waals surface area contributed by atoms with E-state index in [-0.39, 0.29) is 12.3 Å². The molecule has 0 aliphatic carbocycles. The van der Waals surface area contributed by atoms with Gasteiger partial charge in [-0.25, -0.2) is 4.68 Å². The summed E-state index contributed by atoms with van der Waals surface area (Å²) in [4.78, 5) is 14.8. The van der Waals surface area contributed by atoms with Crippen molar-refractivity contribution in [3.05, 3.63) is 52.5 Å². The Morgan fingerprint density at radius 3 is 2.86 bits per heavy atom. The highest BCUT2D eigenvalue weighted by atomic mass is 32.1. The molecule has 0 saturated carbocycles. The van der Waals surface area contributed by atoms with E-state index in [4.69, 9.17) is 27.2 Å². The summed E-state index contributed by atoms with van der Waals surface area (Å²) in [5.74, 6) is -0.0291. The Morgan fingerprint density at radius 2 is 2.24 bits per heavy atom. The third kappa shape index (κ3) is 3.41. The van der Waals surface area contributed by atoms with E-state index in [1.807, 2.05) is 29.0 Å². The average Bonchev–Trinajstić information content (AvgIpc) is 3.69. The molecule has 0 radical (unpaired) electrons. The van der Waals surface area contributed by atoms with Gasteiger partial charge in [0.25, 0.3) is 5.91 Å². The first kappa shape index (κ1) is 17.7. The molecule has 1 fully saturated rings. The minimum Gasteiger partial charge on any atom is -0.496 e. The molecular formula is C26H27N5O5S. The highest BCUT2D eigenvalue weighted by Gasteiger charge is 2.52. The van der Waals surface area contributed by atoms with Crippen molar-refractivity contribution in [3.63, 3.8) is 0 Å². The number of aromatic nitrogens is 4. The van der Waals surface area contributed by atoms with Gasteiger partial charge in [0, 0.05) is 59.5 Å². The number of amides is 1.